The SMILES string of the molecule is CC(C)CC1CN(C(=N)N)CCC1O. The minimum Gasteiger partial charge on any atom is -0.393 e. The summed E-state index contributed by atoms with van der Waals surface area (Å²) in [5.74, 6) is 0.986. The molecule has 0 amide bonds. The Morgan fingerprint density at radius 3 is 2.79 bits per heavy atom. The number of nitrogens with two attached hydrogens (primary N) is 1. The zero-order valence-corrected chi connectivity index (χ0v) is 9.03. The average molecular weight is 199 g/mol. The van der Waals surface area contributed by atoms with E-state index in [2.05, 4.69) is 13.8 Å². The van der Waals surface area contributed by atoms with Crippen LogP contribution >= 0.6 is 0 Å². The van der Waals surface area contributed by atoms with Gasteiger partial charge in [-0.3, -0.25) is 5.41 Å². The Morgan fingerprint density at radius 1 is 1.64 bits per heavy atom. The second kappa shape index (κ2) is 4.64. The largest absolute Gasteiger partial charge is 0.393 e. The van der Waals surface area contributed by atoms with Gasteiger partial charge < -0.3 is 15.7 Å². The monoisotopic (exact) mass is 199 g/mol. The van der Waals surface area contributed by atoms with E-state index in [1.54, 1.807) is 0 Å². The second-order valence-electron chi connectivity index (χ2n) is 4.58. The van der Waals surface area contributed by atoms with Crippen molar-refractivity contribution in [3.63, 3.8) is 0 Å². The van der Waals surface area contributed by atoms with Crippen LogP contribution in [-0.2, 0) is 0 Å². The number of likely N-dealkylation sites (tertiary alicyclic amines) is 1. The van der Waals surface area contributed by atoms with Crippen molar-refractivity contribution in [3.05, 3.63) is 0 Å². The number of nitrogens with zero attached hydrogens (tertiary/aromatic N) is 1. The van der Waals surface area contributed by atoms with Gasteiger partial charge in [-0.2, -0.15) is 0 Å². The minimum absolute atomic E-state index is 0.130. The minimum atomic E-state index is -0.215. The van der Waals surface area contributed by atoms with Crippen molar-refractivity contribution >= 4 is 5.96 Å². The molecule has 0 aromatic rings. The normalized spacial score (nSPS) is 28.1. The number of hydrogen-bond donors (Lipinski definition) is 3. The average Bonchev–Trinajstić information content (AvgIpc) is 2.07. The molecule has 4 heteroatoms. The molecule has 4 nitrogen and oxygen atoms in total. The van der Waals surface area contributed by atoms with Gasteiger partial charge >= 0.3 is 0 Å². The molecule has 1 rings (SSSR count). The molecule has 1 fully saturated rings. The fourth-order valence-corrected chi connectivity index (χ4v) is 2.08. The van der Waals surface area contributed by atoms with Crippen molar-refractivity contribution in [2.75, 3.05) is 13.1 Å². The first-order chi connectivity index (χ1) is 6.50. The molecular weight excluding hydrogens is 178 g/mol. The Morgan fingerprint density at radius 2 is 2.29 bits per heavy atom. The number of rotatable bonds is 2. The lowest BCUT2D eigenvalue weighted by Crippen LogP contribution is -2.48. The number of aliphatic hydroxyl groups excluding tert-OH is 1. The van der Waals surface area contributed by atoms with Gasteiger partial charge in [-0.25, -0.2) is 0 Å². The van der Waals surface area contributed by atoms with E-state index in [1.807, 2.05) is 4.90 Å². The molecule has 0 saturated carbocycles. The molecule has 1 saturated heterocycles. The lowest BCUT2D eigenvalue weighted by Gasteiger charge is -2.37. The topological polar surface area (TPSA) is 73.3 Å². The first-order valence-corrected chi connectivity index (χ1v) is 5.27. The van der Waals surface area contributed by atoms with Gasteiger partial charge in [-0.15, -0.1) is 0 Å². The van der Waals surface area contributed by atoms with Crippen molar-refractivity contribution in [2.24, 2.45) is 17.6 Å². The first-order valence-electron chi connectivity index (χ1n) is 5.27. The van der Waals surface area contributed by atoms with Crippen molar-refractivity contribution < 1.29 is 5.11 Å². The van der Waals surface area contributed by atoms with E-state index in [0.29, 0.717) is 12.5 Å². The highest BCUT2D eigenvalue weighted by atomic mass is 16.3. The van der Waals surface area contributed by atoms with Gasteiger partial charge in [0, 0.05) is 19.0 Å². The Bertz CT molecular complexity index is 206. The van der Waals surface area contributed by atoms with Gasteiger partial charge in [0.05, 0.1) is 6.10 Å². The molecule has 14 heavy (non-hydrogen) atoms. The Hall–Kier alpha value is -0.770. The molecule has 0 bridgehead atoms. The molecule has 0 spiro atoms. The highest BCUT2D eigenvalue weighted by Crippen LogP contribution is 2.23. The Balaban J connectivity index is 2.50. The first kappa shape index (κ1) is 11.3. The Labute approximate surface area is 85.6 Å². The lowest BCUT2D eigenvalue weighted by atomic mass is 9.87. The maximum Gasteiger partial charge on any atom is 0.188 e. The van der Waals surface area contributed by atoms with Gasteiger partial charge in [0.2, 0.25) is 0 Å². The van der Waals surface area contributed by atoms with E-state index < -0.39 is 0 Å². The van der Waals surface area contributed by atoms with Crippen molar-refractivity contribution in [1.29, 1.82) is 5.41 Å². The van der Waals surface area contributed by atoms with Crippen molar-refractivity contribution in [1.82, 2.24) is 4.90 Å². The third-order valence-electron chi connectivity index (χ3n) is 2.81. The van der Waals surface area contributed by atoms with Crippen LogP contribution in [0.3, 0.4) is 0 Å². The predicted molar refractivity (Wildman–Crippen MR) is 57.1 cm³/mol. The van der Waals surface area contributed by atoms with Crippen molar-refractivity contribution in [3.8, 4) is 0 Å². The molecular formula is C10H21N3O. The Kier molecular flexibility index (Phi) is 3.75. The van der Waals surface area contributed by atoms with E-state index in [-0.39, 0.29) is 18.0 Å². The third-order valence-corrected chi connectivity index (χ3v) is 2.81. The fourth-order valence-electron chi connectivity index (χ4n) is 2.08. The van der Waals surface area contributed by atoms with E-state index >= 15 is 0 Å². The molecule has 0 aliphatic carbocycles. The van der Waals surface area contributed by atoms with E-state index in [0.717, 1.165) is 19.4 Å². The van der Waals surface area contributed by atoms with Crippen LogP contribution in [0.15, 0.2) is 0 Å². The van der Waals surface area contributed by atoms with E-state index in [1.165, 1.54) is 0 Å². The molecule has 1 aliphatic rings. The molecule has 0 radical (unpaired) electrons. The van der Waals surface area contributed by atoms with Crippen LogP contribution in [0.2, 0.25) is 0 Å². The van der Waals surface area contributed by atoms with Gasteiger partial charge in [-0.05, 0) is 18.8 Å². The summed E-state index contributed by atoms with van der Waals surface area (Å²) in [4.78, 5) is 1.85. The summed E-state index contributed by atoms with van der Waals surface area (Å²) in [6, 6.07) is 0. The van der Waals surface area contributed by atoms with Crippen LogP contribution in [-0.4, -0.2) is 35.2 Å². The predicted octanol–water partition coefficient (Wildman–Crippen LogP) is 0.609. The maximum atomic E-state index is 9.78. The molecule has 1 heterocycles. The van der Waals surface area contributed by atoms with Gasteiger partial charge in [0.1, 0.15) is 0 Å². The summed E-state index contributed by atoms with van der Waals surface area (Å²) in [6.07, 6.45) is 1.52. The smallest absolute Gasteiger partial charge is 0.188 e. The summed E-state index contributed by atoms with van der Waals surface area (Å²) in [5, 5.41) is 17.1. The zero-order chi connectivity index (χ0) is 10.7. The van der Waals surface area contributed by atoms with E-state index in [9.17, 15) is 5.11 Å². The summed E-state index contributed by atoms with van der Waals surface area (Å²) >= 11 is 0. The fraction of sp³-hybridized carbons (Fsp3) is 0.900. The number of nitrogens with one attached hydrogen (secondary N) is 1. The molecule has 2 unspecified atom stereocenters. The van der Waals surface area contributed by atoms with Crippen LogP contribution in [0.5, 0.6) is 0 Å². The summed E-state index contributed by atoms with van der Waals surface area (Å²) in [5.41, 5.74) is 5.43. The number of guanidine groups is 1. The maximum absolute atomic E-state index is 9.78. The highest BCUT2D eigenvalue weighted by molar-refractivity contribution is 5.74. The van der Waals surface area contributed by atoms with Gasteiger partial charge in [0.25, 0.3) is 0 Å². The molecule has 0 aromatic heterocycles. The molecule has 0 aromatic carbocycles. The quantitative estimate of drug-likeness (QED) is 0.450. The van der Waals surface area contributed by atoms with Gasteiger partial charge in [0.15, 0.2) is 5.96 Å². The molecule has 82 valence electrons. The molecule has 1 aliphatic heterocycles. The third kappa shape index (κ3) is 2.87. The lowest BCUT2D eigenvalue weighted by molar-refractivity contribution is 0.0392. The summed E-state index contributed by atoms with van der Waals surface area (Å²) in [6.45, 7) is 5.75. The summed E-state index contributed by atoms with van der Waals surface area (Å²) in [7, 11) is 0. The van der Waals surface area contributed by atoms with Gasteiger partial charge in [-0.1, -0.05) is 13.8 Å². The van der Waals surface area contributed by atoms with E-state index in [4.69, 9.17) is 11.1 Å². The summed E-state index contributed by atoms with van der Waals surface area (Å²) < 4.78 is 0. The molecule has 2 atom stereocenters. The van der Waals surface area contributed by atoms with Crippen LogP contribution in [0, 0.1) is 17.2 Å². The molecule has 4 N–H and O–H groups in total. The van der Waals surface area contributed by atoms with Crippen LogP contribution < -0.4 is 5.73 Å². The number of aliphatic hydroxyl groups is 1. The van der Waals surface area contributed by atoms with Crippen LogP contribution in [0.4, 0.5) is 0 Å². The van der Waals surface area contributed by atoms with Crippen molar-refractivity contribution in [2.45, 2.75) is 32.8 Å². The number of piperidine rings is 1. The second-order valence-corrected chi connectivity index (χ2v) is 4.58. The zero-order valence-electron chi connectivity index (χ0n) is 9.03. The standard InChI is InChI=1S/C10H21N3O/c1-7(2)5-8-6-13(10(11)12)4-3-9(8)14/h7-9,14H,3-6H2,1-2H3,(H3,11,12). The van der Waals surface area contributed by atoms with Crippen LogP contribution in [0.25, 0.3) is 0 Å². The highest BCUT2D eigenvalue weighted by Gasteiger charge is 2.28. The van der Waals surface area contributed by atoms with Crippen LogP contribution in [0.1, 0.15) is 26.7 Å². The number of hydrogen-bond acceptors (Lipinski definition) is 2.